The Labute approximate surface area is 95.9 Å². The van der Waals surface area contributed by atoms with Gasteiger partial charge < -0.3 is 9.47 Å². The second-order valence-electron chi connectivity index (χ2n) is 4.64. The second-order valence-corrected chi connectivity index (χ2v) is 4.95. The van der Waals surface area contributed by atoms with Gasteiger partial charge in [-0.05, 0) is 24.0 Å². The zero-order chi connectivity index (χ0) is 10.7. The molecule has 0 aromatic heterocycles. The highest BCUT2D eigenvalue weighted by atomic mass is 32.1. The van der Waals surface area contributed by atoms with Gasteiger partial charge in [-0.15, -0.1) is 0 Å². The van der Waals surface area contributed by atoms with Crippen LogP contribution >= 0.6 is 12.6 Å². The number of carbonyl (C=O) groups is 1. The van der Waals surface area contributed by atoms with Crippen LogP contribution < -0.4 is 0 Å². The van der Waals surface area contributed by atoms with Crippen molar-refractivity contribution in [2.24, 2.45) is 5.41 Å². The lowest BCUT2D eigenvalue weighted by molar-refractivity contribution is -0.154. The summed E-state index contributed by atoms with van der Waals surface area (Å²) in [4.78, 5) is 11.6. The third kappa shape index (κ3) is 3.11. The zero-order valence-electron chi connectivity index (χ0n) is 8.91. The van der Waals surface area contributed by atoms with Gasteiger partial charge in [0.1, 0.15) is 6.10 Å². The second kappa shape index (κ2) is 4.74. The normalized spacial score (nSPS) is 24.9. The average molecular weight is 230 g/mol. The number of esters is 1. The Hall–Kier alpha value is -0.220. The Balaban J connectivity index is 1.72. The van der Waals surface area contributed by atoms with Gasteiger partial charge in [-0.1, -0.05) is 0 Å². The van der Waals surface area contributed by atoms with Crippen molar-refractivity contribution in [3.8, 4) is 0 Å². The standard InChI is InChI=1S/C11H18O3S/c12-10(7-11(8-15)3-4-11)14-9-1-5-13-6-2-9/h9,15H,1-8H2. The van der Waals surface area contributed by atoms with Gasteiger partial charge in [-0.3, -0.25) is 4.79 Å². The van der Waals surface area contributed by atoms with Crippen molar-refractivity contribution >= 4 is 18.6 Å². The Kier molecular flexibility index (Phi) is 3.57. The summed E-state index contributed by atoms with van der Waals surface area (Å²) in [6.07, 6.45) is 4.58. The molecule has 1 saturated heterocycles. The molecule has 86 valence electrons. The van der Waals surface area contributed by atoms with Crippen LogP contribution in [0, 0.1) is 5.41 Å². The van der Waals surface area contributed by atoms with Crippen LogP contribution in [0.4, 0.5) is 0 Å². The van der Waals surface area contributed by atoms with Crippen molar-refractivity contribution in [2.45, 2.75) is 38.2 Å². The van der Waals surface area contributed by atoms with Crippen LogP contribution in [-0.4, -0.2) is 31.0 Å². The molecule has 4 heteroatoms. The minimum absolute atomic E-state index is 0.0477. The third-order valence-electron chi connectivity index (χ3n) is 3.28. The smallest absolute Gasteiger partial charge is 0.306 e. The Morgan fingerprint density at radius 2 is 2.07 bits per heavy atom. The van der Waals surface area contributed by atoms with Crippen molar-refractivity contribution < 1.29 is 14.3 Å². The molecule has 0 unspecified atom stereocenters. The highest BCUT2D eigenvalue weighted by Crippen LogP contribution is 2.49. The summed E-state index contributed by atoms with van der Waals surface area (Å²) in [6, 6.07) is 0. The van der Waals surface area contributed by atoms with Gasteiger partial charge in [-0.2, -0.15) is 12.6 Å². The number of thiol groups is 1. The monoisotopic (exact) mass is 230 g/mol. The summed E-state index contributed by atoms with van der Waals surface area (Å²) in [5, 5.41) is 0. The summed E-state index contributed by atoms with van der Waals surface area (Å²) in [5.74, 6) is 0.754. The fourth-order valence-corrected chi connectivity index (χ4v) is 2.32. The Bertz CT molecular complexity index is 232. The number of rotatable bonds is 4. The first-order valence-corrected chi connectivity index (χ1v) is 6.25. The number of hydrogen-bond donors (Lipinski definition) is 1. The minimum Gasteiger partial charge on any atom is -0.462 e. The van der Waals surface area contributed by atoms with E-state index < -0.39 is 0 Å². The van der Waals surface area contributed by atoms with Gasteiger partial charge in [0, 0.05) is 12.8 Å². The van der Waals surface area contributed by atoms with Gasteiger partial charge in [0.05, 0.1) is 19.6 Å². The van der Waals surface area contributed by atoms with E-state index in [2.05, 4.69) is 12.6 Å². The molecule has 1 saturated carbocycles. The van der Waals surface area contributed by atoms with Gasteiger partial charge in [-0.25, -0.2) is 0 Å². The van der Waals surface area contributed by atoms with Crippen molar-refractivity contribution in [2.75, 3.05) is 19.0 Å². The van der Waals surface area contributed by atoms with Crippen molar-refractivity contribution in [1.29, 1.82) is 0 Å². The highest BCUT2D eigenvalue weighted by Gasteiger charge is 2.43. The molecule has 0 bridgehead atoms. The molecule has 0 N–H and O–H groups in total. The summed E-state index contributed by atoms with van der Waals surface area (Å²) >= 11 is 4.28. The largest absolute Gasteiger partial charge is 0.462 e. The van der Waals surface area contributed by atoms with Crippen LogP contribution in [0.1, 0.15) is 32.1 Å². The molecule has 2 rings (SSSR count). The van der Waals surface area contributed by atoms with E-state index in [1.807, 2.05) is 0 Å². The van der Waals surface area contributed by atoms with E-state index in [1.54, 1.807) is 0 Å². The summed E-state index contributed by atoms with van der Waals surface area (Å²) < 4.78 is 10.6. The van der Waals surface area contributed by atoms with Crippen molar-refractivity contribution in [3.05, 3.63) is 0 Å². The molecule has 0 aromatic carbocycles. The molecule has 0 radical (unpaired) electrons. The maximum absolute atomic E-state index is 11.6. The van der Waals surface area contributed by atoms with Crippen LogP contribution in [-0.2, 0) is 14.3 Å². The van der Waals surface area contributed by atoms with Crippen LogP contribution in [0.25, 0.3) is 0 Å². The molecule has 0 aromatic rings. The fourth-order valence-electron chi connectivity index (χ4n) is 1.90. The highest BCUT2D eigenvalue weighted by molar-refractivity contribution is 7.80. The molecule has 1 heterocycles. The predicted octanol–water partition coefficient (Wildman–Crippen LogP) is 1.81. The molecule has 0 amide bonds. The number of carbonyl (C=O) groups excluding carboxylic acids is 1. The van der Waals surface area contributed by atoms with Crippen LogP contribution in [0.2, 0.25) is 0 Å². The molecule has 1 aliphatic carbocycles. The van der Waals surface area contributed by atoms with E-state index in [4.69, 9.17) is 9.47 Å². The zero-order valence-corrected chi connectivity index (χ0v) is 9.80. The summed E-state index contributed by atoms with van der Waals surface area (Å²) in [5.41, 5.74) is 0.172. The quantitative estimate of drug-likeness (QED) is 0.591. The Morgan fingerprint density at radius 1 is 1.40 bits per heavy atom. The molecule has 0 spiro atoms. The average Bonchev–Trinajstić information content (AvgIpc) is 3.00. The van der Waals surface area contributed by atoms with Gasteiger partial charge in [0.25, 0.3) is 0 Å². The van der Waals surface area contributed by atoms with E-state index in [0.29, 0.717) is 6.42 Å². The van der Waals surface area contributed by atoms with Gasteiger partial charge >= 0.3 is 5.97 Å². The Morgan fingerprint density at radius 3 is 2.60 bits per heavy atom. The molecular weight excluding hydrogens is 212 g/mol. The molecular formula is C11H18O3S. The number of hydrogen-bond acceptors (Lipinski definition) is 4. The van der Waals surface area contributed by atoms with Crippen molar-refractivity contribution in [3.63, 3.8) is 0 Å². The minimum atomic E-state index is -0.0477. The third-order valence-corrected chi connectivity index (χ3v) is 3.95. The molecule has 15 heavy (non-hydrogen) atoms. The molecule has 1 aliphatic heterocycles. The summed E-state index contributed by atoms with van der Waals surface area (Å²) in [7, 11) is 0. The van der Waals surface area contributed by atoms with Crippen LogP contribution in [0.5, 0.6) is 0 Å². The SMILES string of the molecule is O=C(CC1(CS)CC1)OC1CCOCC1. The summed E-state index contributed by atoms with van der Waals surface area (Å²) in [6.45, 7) is 1.44. The predicted molar refractivity (Wildman–Crippen MR) is 60.1 cm³/mol. The molecule has 0 atom stereocenters. The molecule has 2 aliphatic rings. The van der Waals surface area contributed by atoms with E-state index in [0.717, 1.165) is 44.6 Å². The van der Waals surface area contributed by atoms with Gasteiger partial charge in [0.15, 0.2) is 0 Å². The lowest BCUT2D eigenvalue weighted by Crippen LogP contribution is -2.27. The van der Waals surface area contributed by atoms with Crippen LogP contribution in [0.3, 0.4) is 0 Å². The first-order chi connectivity index (χ1) is 7.24. The van der Waals surface area contributed by atoms with E-state index in [1.165, 1.54) is 0 Å². The fraction of sp³-hybridized carbons (Fsp3) is 0.909. The molecule has 2 fully saturated rings. The van der Waals surface area contributed by atoms with E-state index in [-0.39, 0.29) is 17.5 Å². The van der Waals surface area contributed by atoms with E-state index in [9.17, 15) is 4.79 Å². The lowest BCUT2D eigenvalue weighted by atomic mass is 10.1. The first kappa shape index (κ1) is 11.3. The lowest BCUT2D eigenvalue weighted by Gasteiger charge is -2.23. The first-order valence-electron chi connectivity index (χ1n) is 5.62. The topological polar surface area (TPSA) is 35.5 Å². The van der Waals surface area contributed by atoms with E-state index >= 15 is 0 Å². The maximum Gasteiger partial charge on any atom is 0.306 e. The van der Waals surface area contributed by atoms with Crippen molar-refractivity contribution in [1.82, 2.24) is 0 Å². The number of ether oxygens (including phenoxy) is 2. The van der Waals surface area contributed by atoms with Crippen LogP contribution in [0.15, 0.2) is 0 Å². The van der Waals surface area contributed by atoms with Gasteiger partial charge in [0.2, 0.25) is 0 Å². The maximum atomic E-state index is 11.6. The molecule has 3 nitrogen and oxygen atoms in total.